The smallest absolute Gasteiger partial charge is 0.0691 e. The van der Waals surface area contributed by atoms with Crippen molar-refractivity contribution in [2.45, 2.75) is 19.6 Å². The highest BCUT2D eigenvalue weighted by atomic mass is 16.3. The van der Waals surface area contributed by atoms with Crippen LogP contribution in [0.1, 0.15) is 6.92 Å². The van der Waals surface area contributed by atoms with Crippen molar-refractivity contribution in [1.29, 1.82) is 0 Å². The van der Waals surface area contributed by atoms with Crippen molar-refractivity contribution in [2.75, 3.05) is 0 Å². The van der Waals surface area contributed by atoms with E-state index in [4.69, 9.17) is 0 Å². The van der Waals surface area contributed by atoms with Gasteiger partial charge in [-0.25, -0.2) is 0 Å². The van der Waals surface area contributed by atoms with Gasteiger partial charge in [0.2, 0.25) is 0 Å². The second-order valence-corrected chi connectivity index (χ2v) is 4.42. The summed E-state index contributed by atoms with van der Waals surface area (Å²) >= 11 is 0. The quantitative estimate of drug-likeness (QED) is 0.729. The molecule has 0 saturated carbocycles. The molecule has 86 valence electrons. The summed E-state index contributed by atoms with van der Waals surface area (Å²) in [6.07, 6.45) is 5.36. The average molecular weight is 226 g/mol. The molecule has 1 unspecified atom stereocenters. The van der Waals surface area contributed by atoms with Gasteiger partial charge in [0.25, 0.3) is 0 Å². The fraction of sp³-hybridized carbons (Fsp3) is 0.214. The molecule has 0 bridgehead atoms. The van der Waals surface area contributed by atoms with Crippen molar-refractivity contribution in [1.82, 2.24) is 9.55 Å². The van der Waals surface area contributed by atoms with Crippen LogP contribution in [-0.4, -0.2) is 20.8 Å². The van der Waals surface area contributed by atoms with Gasteiger partial charge in [-0.3, -0.25) is 4.98 Å². The Bertz CT molecular complexity index is 670. The molecule has 1 aromatic carbocycles. The molecule has 0 radical (unpaired) electrons. The molecule has 3 heteroatoms. The van der Waals surface area contributed by atoms with Gasteiger partial charge in [0.05, 0.1) is 11.6 Å². The van der Waals surface area contributed by atoms with Crippen molar-refractivity contribution in [3.8, 4) is 0 Å². The SMILES string of the molecule is CC(O)Cn1ccc2ccc3cnccc3c21. The second-order valence-electron chi connectivity index (χ2n) is 4.42. The number of pyridine rings is 1. The van der Waals surface area contributed by atoms with E-state index >= 15 is 0 Å². The highest BCUT2D eigenvalue weighted by Crippen LogP contribution is 2.25. The number of aromatic nitrogens is 2. The van der Waals surface area contributed by atoms with E-state index in [0.717, 1.165) is 5.39 Å². The Labute approximate surface area is 99.3 Å². The summed E-state index contributed by atoms with van der Waals surface area (Å²) in [5.74, 6) is 0. The second kappa shape index (κ2) is 3.86. The number of aliphatic hydroxyl groups excluding tert-OH is 1. The summed E-state index contributed by atoms with van der Waals surface area (Å²) in [7, 11) is 0. The summed E-state index contributed by atoms with van der Waals surface area (Å²) in [5, 5.41) is 13.0. The Hall–Kier alpha value is -1.87. The Morgan fingerprint density at radius 2 is 2.06 bits per heavy atom. The summed E-state index contributed by atoms with van der Waals surface area (Å²) in [6, 6.07) is 8.28. The van der Waals surface area contributed by atoms with Crippen molar-refractivity contribution < 1.29 is 5.11 Å². The molecule has 2 aromatic heterocycles. The Morgan fingerprint density at radius 3 is 2.88 bits per heavy atom. The van der Waals surface area contributed by atoms with Crippen LogP contribution in [-0.2, 0) is 6.54 Å². The van der Waals surface area contributed by atoms with Crippen LogP contribution in [0.3, 0.4) is 0 Å². The standard InChI is InChI=1S/C14H14N2O/c1-10(17)9-16-7-5-11-2-3-12-8-15-6-4-13(12)14(11)16/h2-8,10,17H,9H2,1H3. The summed E-state index contributed by atoms with van der Waals surface area (Å²) in [6.45, 7) is 2.42. The van der Waals surface area contributed by atoms with Crippen LogP contribution in [0.4, 0.5) is 0 Å². The zero-order valence-electron chi connectivity index (χ0n) is 9.67. The van der Waals surface area contributed by atoms with Crippen LogP contribution < -0.4 is 0 Å². The van der Waals surface area contributed by atoms with Gasteiger partial charge in [0.15, 0.2) is 0 Å². The molecule has 1 atom stereocenters. The highest BCUT2D eigenvalue weighted by molar-refractivity contribution is 6.05. The molecule has 2 heterocycles. The van der Waals surface area contributed by atoms with Crippen LogP contribution in [0.25, 0.3) is 21.7 Å². The van der Waals surface area contributed by atoms with Gasteiger partial charge in [-0.05, 0) is 19.1 Å². The van der Waals surface area contributed by atoms with Gasteiger partial charge in [-0.15, -0.1) is 0 Å². The first-order chi connectivity index (χ1) is 8.25. The van der Waals surface area contributed by atoms with Gasteiger partial charge in [-0.1, -0.05) is 12.1 Å². The summed E-state index contributed by atoms with van der Waals surface area (Å²) in [4.78, 5) is 4.14. The van der Waals surface area contributed by atoms with Crippen LogP contribution in [0.5, 0.6) is 0 Å². The summed E-state index contributed by atoms with van der Waals surface area (Å²) < 4.78 is 2.10. The molecule has 0 fully saturated rings. The topological polar surface area (TPSA) is 38.0 Å². The van der Waals surface area contributed by atoms with Crippen LogP contribution in [0, 0.1) is 0 Å². The van der Waals surface area contributed by atoms with Crippen LogP contribution in [0.2, 0.25) is 0 Å². The third-order valence-electron chi connectivity index (χ3n) is 3.01. The largest absolute Gasteiger partial charge is 0.392 e. The molecule has 0 saturated heterocycles. The molecule has 0 spiro atoms. The van der Waals surface area contributed by atoms with E-state index in [2.05, 4.69) is 27.8 Å². The van der Waals surface area contributed by atoms with Crippen molar-refractivity contribution in [2.24, 2.45) is 0 Å². The number of rotatable bonds is 2. The van der Waals surface area contributed by atoms with Crippen LogP contribution in [0.15, 0.2) is 42.9 Å². The lowest BCUT2D eigenvalue weighted by Gasteiger charge is -2.09. The van der Waals surface area contributed by atoms with E-state index < -0.39 is 0 Å². The first-order valence-electron chi connectivity index (χ1n) is 5.75. The maximum atomic E-state index is 9.52. The minimum absolute atomic E-state index is 0.345. The van der Waals surface area contributed by atoms with Crippen molar-refractivity contribution >= 4 is 21.7 Å². The first-order valence-corrected chi connectivity index (χ1v) is 5.75. The number of hydrogen-bond acceptors (Lipinski definition) is 2. The first kappa shape index (κ1) is 10.3. The normalized spacial score (nSPS) is 13.3. The minimum atomic E-state index is -0.345. The van der Waals surface area contributed by atoms with E-state index in [-0.39, 0.29) is 6.10 Å². The van der Waals surface area contributed by atoms with Gasteiger partial charge >= 0.3 is 0 Å². The lowest BCUT2D eigenvalue weighted by Crippen LogP contribution is -2.10. The number of hydrogen-bond donors (Lipinski definition) is 1. The molecule has 0 aliphatic rings. The monoisotopic (exact) mass is 226 g/mol. The molecule has 1 N–H and O–H groups in total. The molecule has 3 nitrogen and oxygen atoms in total. The molecule has 17 heavy (non-hydrogen) atoms. The Balaban J connectivity index is 2.34. The van der Waals surface area contributed by atoms with E-state index in [1.165, 1.54) is 16.3 Å². The average Bonchev–Trinajstić information content (AvgIpc) is 2.72. The number of fused-ring (bicyclic) bond motifs is 3. The molecular weight excluding hydrogens is 212 g/mol. The maximum absolute atomic E-state index is 9.52. The van der Waals surface area contributed by atoms with E-state index in [0.29, 0.717) is 6.54 Å². The lowest BCUT2D eigenvalue weighted by molar-refractivity contribution is 0.175. The fourth-order valence-corrected chi connectivity index (χ4v) is 2.31. The van der Waals surface area contributed by atoms with Crippen molar-refractivity contribution in [3.05, 3.63) is 42.9 Å². The molecular formula is C14H14N2O. The number of nitrogens with zero attached hydrogens (tertiary/aromatic N) is 2. The predicted molar refractivity (Wildman–Crippen MR) is 68.9 cm³/mol. The zero-order valence-corrected chi connectivity index (χ0v) is 9.67. The van der Waals surface area contributed by atoms with E-state index in [1.54, 1.807) is 6.92 Å². The summed E-state index contributed by atoms with van der Waals surface area (Å²) in [5.41, 5.74) is 1.17. The van der Waals surface area contributed by atoms with Crippen LogP contribution >= 0.6 is 0 Å². The minimum Gasteiger partial charge on any atom is -0.392 e. The third kappa shape index (κ3) is 1.68. The van der Waals surface area contributed by atoms with E-state index in [1.807, 2.05) is 24.7 Å². The van der Waals surface area contributed by atoms with Crippen molar-refractivity contribution in [3.63, 3.8) is 0 Å². The van der Waals surface area contributed by atoms with Gasteiger partial charge in [0, 0.05) is 41.3 Å². The number of benzene rings is 1. The molecule has 0 amide bonds. The van der Waals surface area contributed by atoms with Gasteiger partial charge < -0.3 is 9.67 Å². The fourth-order valence-electron chi connectivity index (χ4n) is 2.31. The lowest BCUT2D eigenvalue weighted by atomic mass is 10.1. The predicted octanol–water partition coefficient (Wildman–Crippen LogP) is 2.57. The Kier molecular flexibility index (Phi) is 2.34. The van der Waals surface area contributed by atoms with E-state index in [9.17, 15) is 5.11 Å². The zero-order chi connectivity index (χ0) is 11.8. The molecule has 3 aromatic rings. The third-order valence-corrected chi connectivity index (χ3v) is 3.01. The van der Waals surface area contributed by atoms with Gasteiger partial charge in [0.1, 0.15) is 0 Å². The maximum Gasteiger partial charge on any atom is 0.0691 e. The molecule has 3 rings (SSSR count). The molecule has 0 aliphatic heterocycles. The number of aliphatic hydroxyl groups is 1. The highest BCUT2D eigenvalue weighted by Gasteiger charge is 2.07. The Morgan fingerprint density at radius 1 is 1.24 bits per heavy atom. The molecule has 0 aliphatic carbocycles. The van der Waals surface area contributed by atoms with Gasteiger partial charge in [-0.2, -0.15) is 0 Å².